The van der Waals surface area contributed by atoms with Gasteiger partial charge in [0.25, 0.3) is 0 Å². The van der Waals surface area contributed by atoms with Crippen LogP contribution in [0.1, 0.15) is 10.5 Å². The highest BCUT2D eigenvalue weighted by Crippen LogP contribution is 2.32. The molecule has 0 atom stereocenters. The lowest BCUT2D eigenvalue weighted by Gasteiger charge is -2.09. The summed E-state index contributed by atoms with van der Waals surface area (Å²) in [6.45, 7) is 0.771. The first-order valence-corrected chi connectivity index (χ1v) is 5.42. The van der Waals surface area contributed by atoms with Crippen LogP contribution in [0, 0.1) is 0 Å². The summed E-state index contributed by atoms with van der Waals surface area (Å²) >= 11 is 0. The number of aromatic carboxylic acids is 1. The summed E-state index contributed by atoms with van der Waals surface area (Å²) in [6, 6.07) is 4.98. The van der Waals surface area contributed by atoms with Gasteiger partial charge >= 0.3 is 5.97 Å². The maximum Gasteiger partial charge on any atom is 0.352 e. The topological polar surface area (TPSA) is 97.6 Å². The van der Waals surface area contributed by atoms with Gasteiger partial charge in [-0.05, 0) is 12.1 Å². The predicted octanol–water partition coefficient (Wildman–Crippen LogP) is 1.21. The monoisotopic (exact) mass is 250 g/mol. The van der Waals surface area contributed by atoms with Crippen molar-refractivity contribution in [2.75, 3.05) is 20.3 Å². The molecule has 0 fully saturated rings. The molecule has 0 radical (unpaired) electrons. The van der Waals surface area contributed by atoms with Gasteiger partial charge in [-0.2, -0.15) is 0 Å². The average Bonchev–Trinajstić information content (AvgIpc) is 2.77. The van der Waals surface area contributed by atoms with E-state index in [1.54, 1.807) is 18.2 Å². The van der Waals surface area contributed by atoms with Gasteiger partial charge in [0.05, 0.1) is 12.6 Å². The van der Waals surface area contributed by atoms with Crippen molar-refractivity contribution < 1.29 is 19.4 Å². The van der Waals surface area contributed by atoms with Crippen molar-refractivity contribution in [1.82, 2.24) is 4.98 Å². The minimum absolute atomic E-state index is 0.128. The van der Waals surface area contributed by atoms with Crippen molar-refractivity contribution in [3.63, 3.8) is 0 Å². The average molecular weight is 250 g/mol. The number of carboxylic acids is 1. The number of aromatic nitrogens is 1. The number of nitrogens with two attached hydrogens (primary N) is 1. The fraction of sp³-hybridized carbons (Fsp3) is 0.250. The largest absolute Gasteiger partial charge is 0.493 e. The van der Waals surface area contributed by atoms with Crippen LogP contribution >= 0.6 is 0 Å². The van der Waals surface area contributed by atoms with Gasteiger partial charge in [0.1, 0.15) is 12.3 Å². The van der Waals surface area contributed by atoms with Crippen molar-refractivity contribution >= 4 is 16.9 Å². The van der Waals surface area contributed by atoms with Crippen molar-refractivity contribution in [2.45, 2.75) is 0 Å². The van der Waals surface area contributed by atoms with Crippen LogP contribution in [0.25, 0.3) is 10.9 Å². The quantitative estimate of drug-likeness (QED) is 0.741. The van der Waals surface area contributed by atoms with E-state index in [0.717, 1.165) is 5.39 Å². The van der Waals surface area contributed by atoms with Gasteiger partial charge in [0.15, 0.2) is 11.5 Å². The number of carbonyl (C=O) groups is 1. The molecule has 1 heterocycles. The number of aromatic amines is 1. The Morgan fingerprint density at radius 1 is 1.39 bits per heavy atom. The summed E-state index contributed by atoms with van der Waals surface area (Å²) in [5.74, 6) is 0.0794. The molecule has 0 unspecified atom stereocenters. The molecule has 4 N–H and O–H groups in total. The number of fused-ring (bicyclic) bond motifs is 1. The summed E-state index contributed by atoms with van der Waals surface area (Å²) in [7, 11) is 1.53. The maximum atomic E-state index is 10.9. The van der Waals surface area contributed by atoms with Crippen LogP contribution in [-0.4, -0.2) is 36.3 Å². The van der Waals surface area contributed by atoms with E-state index < -0.39 is 5.97 Å². The second kappa shape index (κ2) is 4.97. The van der Waals surface area contributed by atoms with Gasteiger partial charge in [-0.25, -0.2) is 4.79 Å². The molecule has 0 spiro atoms. The normalized spacial score (nSPS) is 10.6. The third-order valence-corrected chi connectivity index (χ3v) is 2.51. The third kappa shape index (κ3) is 2.23. The van der Waals surface area contributed by atoms with E-state index in [-0.39, 0.29) is 5.69 Å². The Morgan fingerprint density at radius 3 is 2.78 bits per heavy atom. The van der Waals surface area contributed by atoms with Crippen molar-refractivity contribution in [2.24, 2.45) is 5.73 Å². The zero-order valence-electron chi connectivity index (χ0n) is 9.90. The summed E-state index contributed by atoms with van der Waals surface area (Å²) in [6.07, 6.45) is 0. The van der Waals surface area contributed by atoms with E-state index >= 15 is 0 Å². The van der Waals surface area contributed by atoms with Gasteiger partial charge in [0, 0.05) is 18.0 Å². The number of hydrogen-bond donors (Lipinski definition) is 3. The molecule has 6 nitrogen and oxygen atoms in total. The highest BCUT2D eigenvalue weighted by molar-refractivity contribution is 5.94. The number of rotatable bonds is 5. The molecule has 18 heavy (non-hydrogen) atoms. The van der Waals surface area contributed by atoms with Crippen molar-refractivity contribution in [3.05, 3.63) is 23.9 Å². The molecular weight excluding hydrogens is 236 g/mol. The van der Waals surface area contributed by atoms with E-state index in [4.69, 9.17) is 20.3 Å². The first kappa shape index (κ1) is 12.3. The molecule has 1 aromatic carbocycles. The Bertz CT molecular complexity index is 577. The number of ether oxygens (including phenoxy) is 2. The highest BCUT2D eigenvalue weighted by atomic mass is 16.5. The molecule has 0 saturated carbocycles. The number of nitrogens with one attached hydrogen (secondary N) is 1. The molecule has 96 valence electrons. The first-order chi connectivity index (χ1) is 8.65. The van der Waals surface area contributed by atoms with Crippen LogP contribution in [0.2, 0.25) is 0 Å². The lowest BCUT2D eigenvalue weighted by molar-refractivity contribution is 0.0691. The molecule has 0 saturated heterocycles. The molecule has 0 amide bonds. The van der Waals surface area contributed by atoms with E-state index in [2.05, 4.69) is 4.98 Å². The van der Waals surface area contributed by atoms with E-state index in [0.29, 0.717) is 30.2 Å². The van der Waals surface area contributed by atoms with Gasteiger partial charge in [-0.1, -0.05) is 0 Å². The summed E-state index contributed by atoms with van der Waals surface area (Å²) < 4.78 is 10.6. The lowest BCUT2D eigenvalue weighted by atomic mass is 10.2. The Kier molecular flexibility index (Phi) is 3.38. The van der Waals surface area contributed by atoms with Crippen molar-refractivity contribution in [1.29, 1.82) is 0 Å². The molecule has 0 aliphatic heterocycles. The van der Waals surface area contributed by atoms with Gasteiger partial charge < -0.3 is 25.3 Å². The summed E-state index contributed by atoms with van der Waals surface area (Å²) in [4.78, 5) is 13.7. The van der Waals surface area contributed by atoms with Crippen molar-refractivity contribution in [3.8, 4) is 11.5 Å². The van der Waals surface area contributed by atoms with E-state index in [1.807, 2.05) is 0 Å². The summed E-state index contributed by atoms with van der Waals surface area (Å²) in [5.41, 5.74) is 6.19. The Balaban J connectivity index is 2.47. The fourth-order valence-corrected chi connectivity index (χ4v) is 1.70. The maximum absolute atomic E-state index is 10.9. The Morgan fingerprint density at radius 2 is 2.17 bits per heavy atom. The van der Waals surface area contributed by atoms with Crippen LogP contribution in [0.15, 0.2) is 18.2 Å². The van der Waals surface area contributed by atoms with Crippen LogP contribution in [0.4, 0.5) is 0 Å². The second-order valence-electron chi connectivity index (χ2n) is 3.72. The zero-order chi connectivity index (χ0) is 13.1. The number of methoxy groups -OCH3 is 1. The zero-order valence-corrected chi connectivity index (χ0v) is 9.90. The Hall–Kier alpha value is -2.21. The molecule has 1 aromatic heterocycles. The number of benzene rings is 1. The Labute approximate surface area is 103 Å². The van der Waals surface area contributed by atoms with Crippen LogP contribution in [0.5, 0.6) is 11.5 Å². The van der Waals surface area contributed by atoms with E-state index in [9.17, 15) is 4.79 Å². The second-order valence-corrected chi connectivity index (χ2v) is 3.72. The van der Waals surface area contributed by atoms with E-state index in [1.165, 1.54) is 7.11 Å². The van der Waals surface area contributed by atoms with Gasteiger partial charge in [-0.15, -0.1) is 0 Å². The minimum Gasteiger partial charge on any atom is -0.493 e. The summed E-state index contributed by atoms with van der Waals surface area (Å²) in [5, 5.41) is 9.66. The van der Waals surface area contributed by atoms with Gasteiger partial charge in [-0.3, -0.25) is 0 Å². The predicted molar refractivity (Wildman–Crippen MR) is 66.4 cm³/mol. The molecule has 2 rings (SSSR count). The molecular formula is C12H14N2O4. The van der Waals surface area contributed by atoms with Crippen LogP contribution in [0.3, 0.4) is 0 Å². The molecule has 0 aliphatic rings. The highest BCUT2D eigenvalue weighted by Gasteiger charge is 2.12. The molecule has 6 heteroatoms. The fourth-order valence-electron chi connectivity index (χ4n) is 1.70. The minimum atomic E-state index is -1.01. The molecule has 2 aromatic rings. The lowest BCUT2D eigenvalue weighted by Crippen LogP contribution is -2.11. The van der Waals surface area contributed by atoms with Gasteiger partial charge in [0.2, 0.25) is 0 Å². The number of hydrogen-bond acceptors (Lipinski definition) is 4. The van der Waals surface area contributed by atoms with Crippen LogP contribution in [-0.2, 0) is 0 Å². The smallest absolute Gasteiger partial charge is 0.352 e. The van der Waals surface area contributed by atoms with Crippen LogP contribution < -0.4 is 15.2 Å². The third-order valence-electron chi connectivity index (χ3n) is 2.51. The molecule has 0 bridgehead atoms. The molecule has 0 aliphatic carbocycles. The number of H-pyrrole nitrogens is 1. The number of carboxylic acid groups (broad SMARTS) is 1. The first-order valence-electron chi connectivity index (χ1n) is 5.42. The SMILES string of the molecule is COc1cc2[nH]c(C(=O)O)cc2cc1OCCN. The standard InChI is InChI=1S/C12H14N2O4/c1-17-10-6-8-7(4-9(14-8)12(15)16)5-11(10)18-3-2-13/h4-6,14H,2-3,13H2,1H3,(H,15,16).